The number of ether oxygens (including phenoxy) is 1. The van der Waals surface area contributed by atoms with Gasteiger partial charge in [-0.1, -0.05) is 0 Å². The molecule has 0 fully saturated rings. The van der Waals surface area contributed by atoms with Crippen LogP contribution in [0.5, 0.6) is 5.75 Å². The number of carboxylic acid groups (broad SMARTS) is 1. The molecule has 0 radical (unpaired) electrons. The molecule has 0 aliphatic carbocycles. The summed E-state index contributed by atoms with van der Waals surface area (Å²) < 4.78 is 4.33. The lowest BCUT2D eigenvalue weighted by atomic mass is 10.3. The molecule has 0 bridgehead atoms. The first kappa shape index (κ1) is 7.40. The summed E-state index contributed by atoms with van der Waals surface area (Å²) in [6, 6.07) is 6.11. The third-order valence-electron chi connectivity index (χ3n) is 1.09. The van der Waals surface area contributed by atoms with E-state index in [1.807, 2.05) is 0 Å². The average Bonchev–Trinajstić information content (AvgIpc) is 1.93. The number of rotatable bonds is 1. The summed E-state index contributed by atoms with van der Waals surface area (Å²) in [7, 11) is 0. The third kappa shape index (κ3) is 2.17. The maximum absolute atomic E-state index is 10.0. The predicted octanol–water partition coefficient (Wildman–Crippen LogP) is 1.33. The molecule has 0 aliphatic heterocycles. The van der Waals surface area contributed by atoms with Crippen molar-refractivity contribution in [2.24, 2.45) is 0 Å². The van der Waals surface area contributed by atoms with E-state index in [1.54, 1.807) is 12.1 Å². The quantitative estimate of drug-likeness (QED) is 0.362. The van der Waals surface area contributed by atoms with Crippen LogP contribution in [0, 0.1) is 0 Å². The van der Waals surface area contributed by atoms with Gasteiger partial charge in [-0.15, -0.1) is 0 Å². The van der Waals surface area contributed by atoms with Gasteiger partial charge in [-0.05, 0) is 24.3 Å². The van der Waals surface area contributed by atoms with Crippen LogP contribution in [-0.4, -0.2) is 11.3 Å². The standard InChI is InChI=1S/C7H7NO3/c8-5-1-3-6(4-2-5)11-7(9)10/h1-4H,8H2,(H,9,10). The Labute approximate surface area is 63.2 Å². The van der Waals surface area contributed by atoms with Gasteiger partial charge in [0.2, 0.25) is 0 Å². The topological polar surface area (TPSA) is 72.5 Å². The van der Waals surface area contributed by atoms with Gasteiger partial charge in [-0.25, -0.2) is 4.79 Å². The highest BCUT2D eigenvalue weighted by Crippen LogP contribution is 2.12. The van der Waals surface area contributed by atoms with Crippen molar-refractivity contribution in [2.45, 2.75) is 0 Å². The molecule has 0 aliphatic rings. The van der Waals surface area contributed by atoms with E-state index in [0.29, 0.717) is 5.69 Å². The van der Waals surface area contributed by atoms with Crippen LogP contribution in [0.1, 0.15) is 0 Å². The minimum absolute atomic E-state index is 0.270. The molecule has 0 saturated heterocycles. The van der Waals surface area contributed by atoms with Crippen molar-refractivity contribution >= 4 is 11.8 Å². The van der Waals surface area contributed by atoms with Crippen molar-refractivity contribution in [3.8, 4) is 5.75 Å². The van der Waals surface area contributed by atoms with Crippen molar-refractivity contribution in [1.29, 1.82) is 0 Å². The maximum Gasteiger partial charge on any atom is 0.511 e. The van der Waals surface area contributed by atoms with Crippen molar-refractivity contribution in [1.82, 2.24) is 0 Å². The Morgan fingerprint density at radius 2 is 1.91 bits per heavy atom. The molecule has 4 heteroatoms. The zero-order chi connectivity index (χ0) is 8.27. The minimum Gasteiger partial charge on any atom is -0.449 e. The molecular weight excluding hydrogens is 146 g/mol. The Hall–Kier alpha value is -1.71. The number of carbonyl (C=O) groups is 1. The van der Waals surface area contributed by atoms with Gasteiger partial charge in [0.05, 0.1) is 0 Å². The molecule has 0 spiro atoms. The smallest absolute Gasteiger partial charge is 0.449 e. The van der Waals surface area contributed by atoms with Gasteiger partial charge in [0.25, 0.3) is 0 Å². The number of hydrogen-bond acceptors (Lipinski definition) is 3. The van der Waals surface area contributed by atoms with Crippen molar-refractivity contribution in [3.05, 3.63) is 24.3 Å². The highest BCUT2D eigenvalue weighted by atomic mass is 16.7. The molecule has 0 saturated carbocycles. The molecule has 0 unspecified atom stereocenters. The van der Waals surface area contributed by atoms with Crippen LogP contribution in [0.4, 0.5) is 10.5 Å². The van der Waals surface area contributed by atoms with E-state index in [0.717, 1.165) is 0 Å². The number of hydrogen-bond donors (Lipinski definition) is 2. The normalized spacial score (nSPS) is 9.09. The monoisotopic (exact) mass is 153 g/mol. The molecule has 0 aromatic heterocycles. The van der Waals surface area contributed by atoms with Crippen molar-refractivity contribution in [2.75, 3.05) is 5.73 Å². The van der Waals surface area contributed by atoms with Crippen molar-refractivity contribution < 1.29 is 14.6 Å². The molecule has 11 heavy (non-hydrogen) atoms. The van der Waals surface area contributed by atoms with Gasteiger partial charge < -0.3 is 15.6 Å². The highest BCUT2D eigenvalue weighted by molar-refractivity contribution is 5.61. The van der Waals surface area contributed by atoms with Gasteiger partial charge in [0, 0.05) is 5.69 Å². The number of nitrogens with two attached hydrogens (primary N) is 1. The van der Waals surface area contributed by atoms with E-state index in [9.17, 15) is 4.79 Å². The summed E-state index contributed by atoms with van der Waals surface area (Å²) >= 11 is 0. The van der Waals surface area contributed by atoms with Crippen LogP contribution in [0.25, 0.3) is 0 Å². The fourth-order valence-electron chi connectivity index (χ4n) is 0.637. The number of benzene rings is 1. The summed E-state index contributed by atoms with van der Waals surface area (Å²) in [5.41, 5.74) is 5.93. The summed E-state index contributed by atoms with van der Waals surface area (Å²) in [6.45, 7) is 0. The second-order valence-electron chi connectivity index (χ2n) is 1.94. The van der Waals surface area contributed by atoms with E-state index in [1.165, 1.54) is 12.1 Å². The Balaban J connectivity index is 2.74. The second kappa shape index (κ2) is 2.92. The zero-order valence-electron chi connectivity index (χ0n) is 5.65. The average molecular weight is 153 g/mol. The van der Waals surface area contributed by atoms with E-state index >= 15 is 0 Å². The first-order valence-corrected chi connectivity index (χ1v) is 2.95. The molecule has 3 N–H and O–H groups in total. The third-order valence-corrected chi connectivity index (χ3v) is 1.09. The van der Waals surface area contributed by atoms with Crippen molar-refractivity contribution in [3.63, 3.8) is 0 Å². The van der Waals surface area contributed by atoms with Gasteiger partial charge in [-0.3, -0.25) is 0 Å². The van der Waals surface area contributed by atoms with E-state index in [4.69, 9.17) is 10.8 Å². The first-order chi connectivity index (χ1) is 5.18. The van der Waals surface area contributed by atoms with Gasteiger partial charge >= 0.3 is 6.16 Å². The molecular formula is C7H7NO3. The lowest BCUT2D eigenvalue weighted by molar-refractivity contribution is 0.144. The summed E-state index contributed by atoms with van der Waals surface area (Å²) in [5.74, 6) is 0.270. The minimum atomic E-state index is -1.32. The Morgan fingerprint density at radius 3 is 2.36 bits per heavy atom. The van der Waals surface area contributed by atoms with Crippen LogP contribution in [-0.2, 0) is 0 Å². The first-order valence-electron chi connectivity index (χ1n) is 2.95. The van der Waals surface area contributed by atoms with Crippen LogP contribution in [0.2, 0.25) is 0 Å². The van der Waals surface area contributed by atoms with Crippen LogP contribution in [0.3, 0.4) is 0 Å². The Bertz CT molecular complexity index is 255. The molecule has 1 aromatic rings. The fraction of sp³-hybridized carbons (Fsp3) is 0. The van der Waals surface area contributed by atoms with E-state index in [-0.39, 0.29) is 5.75 Å². The zero-order valence-corrected chi connectivity index (χ0v) is 5.65. The SMILES string of the molecule is Nc1ccc(OC(=O)O)cc1. The Morgan fingerprint density at radius 1 is 1.36 bits per heavy atom. The molecule has 1 rings (SSSR count). The highest BCUT2D eigenvalue weighted by Gasteiger charge is 1.98. The number of nitrogen functional groups attached to an aromatic ring is 1. The predicted molar refractivity (Wildman–Crippen MR) is 39.5 cm³/mol. The molecule has 1 aromatic carbocycles. The fourth-order valence-corrected chi connectivity index (χ4v) is 0.637. The lowest BCUT2D eigenvalue weighted by Gasteiger charge is -1.98. The van der Waals surface area contributed by atoms with E-state index in [2.05, 4.69) is 4.74 Å². The van der Waals surface area contributed by atoms with Crippen LogP contribution >= 0.6 is 0 Å². The number of anilines is 1. The molecule has 0 heterocycles. The summed E-state index contributed by atoms with van der Waals surface area (Å²) in [4.78, 5) is 10.0. The summed E-state index contributed by atoms with van der Waals surface area (Å²) in [6.07, 6.45) is -1.32. The van der Waals surface area contributed by atoms with Crippen LogP contribution < -0.4 is 10.5 Å². The summed E-state index contributed by atoms with van der Waals surface area (Å²) in [5, 5.41) is 8.18. The maximum atomic E-state index is 10.0. The van der Waals surface area contributed by atoms with Gasteiger partial charge in [0.1, 0.15) is 5.75 Å². The largest absolute Gasteiger partial charge is 0.511 e. The van der Waals surface area contributed by atoms with E-state index < -0.39 is 6.16 Å². The molecule has 4 nitrogen and oxygen atoms in total. The Kier molecular flexibility index (Phi) is 1.96. The van der Waals surface area contributed by atoms with Crippen LogP contribution in [0.15, 0.2) is 24.3 Å². The second-order valence-corrected chi connectivity index (χ2v) is 1.94. The molecule has 0 atom stereocenters. The molecule has 0 amide bonds. The van der Waals surface area contributed by atoms with Gasteiger partial charge in [0.15, 0.2) is 0 Å². The molecule has 58 valence electrons. The van der Waals surface area contributed by atoms with Gasteiger partial charge in [-0.2, -0.15) is 0 Å². The lowest BCUT2D eigenvalue weighted by Crippen LogP contribution is -2.02.